The van der Waals surface area contributed by atoms with Crippen LogP contribution in [0.1, 0.15) is 21.9 Å². The molecule has 3 rings (SSSR count). The molecule has 2 aromatic carbocycles. The van der Waals surface area contributed by atoms with E-state index < -0.39 is 5.91 Å². The lowest BCUT2D eigenvalue weighted by molar-refractivity contribution is 0.102. The van der Waals surface area contributed by atoms with Gasteiger partial charge in [-0.1, -0.05) is 17.7 Å². The number of benzene rings is 2. The van der Waals surface area contributed by atoms with Crippen LogP contribution in [0.15, 0.2) is 48.5 Å². The zero-order valence-corrected chi connectivity index (χ0v) is 15.9. The zero-order valence-electron chi connectivity index (χ0n) is 15.2. The third kappa shape index (κ3) is 4.55. The third-order valence-electron chi connectivity index (χ3n) is 3.74. The lowest BCUT2D eigenvalue weighted by Gasteiger charge is -2.10. The van der Waals surface area contributed by atoms with Gasteiger partial charge in [0, 0.05) is 17.4 Å². The van der Waals surface area contributed by atoms with Crippen molar-refractivity contribution < 1.29 is 9.53 Å². The van der Waals surface area contributed by atoms with Gasteiger partial charge in [-0.2, -0.15) is 5.26 Å². The molecule has 7 nitrogen and oxygen atoms in total. The van der Waals surface area contributed by atoms with Crippen LogP contribution in [-0.2, 0) is 0 Å². The Kier molecular flexibility index (Phi) is 5.72. The van der Waals surface area contributed by atoms with Gasteiger partial charge >= 0.3 is 0 Å². The lowest BCUT2D eigenvalue weighted by atomic mass is 10.2. The number of hydrogen-bond donors (Lipinski definition) is 2. The first kappa shape index (κ1) is 19.1. The summed E-state index contributed by atoms with van der Waals surface area (Å²) in [5.41, 5.74) is 1.91. The van der Waals surface area contributed by atoms with E-state index in [1.165, 1.54) is 13.2 Å². The van der Waals surface area contributed by atoms with Crippen molar-refractivity contribution in [2.75, 3.05) is 17.7 Å². The predicted molar refractivity (Wildman–Crippen MR) is 107 cm³/mol. The minimum atomic E-state index is -0.402. The highest BCUT2D eigenvalue weighted by atomic mass is 35.5. The largest absolute Gasteiger partial charge is 0.495 e. The smallest absolute Gasteiger partial charge is 0.274 e. The van der Waals surface area contributed by atoms with Crippen molar-refractivity contribution in [2.45, 2.75) is 6.92 Å². The number of rotatable bonds is 5. The normalized spacial score (nSPS) is 10.1. The molecular weight excluding hydrogens is 378 g/mol. The van der Waals surface area contributed by atoms with E-state index >= 15 is 0 Å². The highest BCUT2D eigenvalue weighted by Gasteiger charge is 2.12. The SMILES string of the molecule is COc1ccc(NC(=O)c2cc(Nc3cccc(C#N)c3)nc(C)n2)cc1Cl. The number of amides is 1. The topological polar surface area (TPSA) is 99.9 Å². The molecule has 0 atom stereocenters. The summed E-state index contributed by atoms with van der Waals surface area (Å²) in [7, 11) is 1.52. The van der Waals surface area contributed by atoms with Crippen LogP contribution in [0.4, 0.5) is 17.2 Å². The maximum absolute atomic E-state index is 12.6. The summed E-state index contributed by atoms with van der Waals surface area (Å²) in [6.07, 6.45) is 0. The zero-order chi connectivity index (χ0) is 20.1. The summed E-state index contributed by atoms with van der Waals surface area (Å²) in [5.74, 6) is 0.990. The fraction of sp³-hybridized carbons (Fsp3) is 0.100. The fourth-order valence-electron chi connectivity index (χ4n) is 2.50. The van der Waals surface area contributed by atoms with Gasteiger partial charge in [-0.25, -0.2) is 9.97 Å². The van der Waals surface area contributed by atoms with E-state index in [9.17, 15) is 4.79 Å². The van der Waals surface area contributed by atoms with Crippen molar-refractivity contribution in [3.8, 4) is 11.8 Å². The van der Waals surface area contributed by atoms with Crippen molar-refractivity contribution >= 4 is 34.7 Å². The molecule has 0 unspecified atom stereocenters. The lowest BCUT2D eigenvalue weighted by Crippen LogP contribution is -2.15. The van der Waals surface area contributed by atoms with E-state index in [1.54, 1.807) is 49.4 Å². The van der Waals surface area contributed by atoms with Crippen LogP contribution >= 0.6 is 11.6 Å². The Morgan fingerprint density at radius 1 is 1.14 bits per heavy atom. The van der Waals surface area contributed by atoms with Gasteiger partial charge in [0.2, 0.25) is 0 Å². The van der Waals surface area contributed by atoms with Crippen molar-refractivity contribution in [3.05, 3.63) is 70.6 Å². The third-order valence-corrected chi connectivity index (χ3v) is 4.04. The summed E-state index contributed by atoms with van der Waals surface area (Å²) in [6, 6.07) is 15.5. The summed E-state index contributed by atoms with van der Waals surface area (Å²) in [4.78, 5) is 21.1. The predicted octanol–water partition coefficient (Wildman–Crippen LogP) is 4.31. The van der Waals surface area contributed by atoms with Crippen LogP contribution in [-0.4, -0.2) is 23.0 Å². The van der Waals surface area contributed by atoms with Crippen LogP contribution < -0.4 is 15.4 Å². The fourth-order valence-corrected chi connectivity index (χ4v) is 2.76. The van der Waals surface area contributed by atoms with Gasteiger partial charge in [0.05, 0.1) is 23.8 Å². The first-order valence-electron chi connectivity index (χ1n) is 8.26. The maximum atomic E-state index is 12.6. The quantitative estimate of drug-likeness (QED) is 0.669. The molecule has 3 aromatic rings. The minimum Gasteiger partial charge on any atom is -0.495 e. The highest BCUT2D eigenvalue weighted by molar-refractivity contribution is 6.32. The Morgan fingerprint density at radius 2 is 1.96 bits per heavy atom. The van der Waals surface area contributed by atoms with E-state index in [0.717, 1.165) is 0 Å². The van der Waals surface area contributed by atoms with Crippen molar-refractivity contribution in [1.29, 1.82) is 5.26 Å². The Labute approximate surface area is 167 Å². The maximum Gasteiger partial charge on any atom is 0.274 e. The number of carbonyl (C=O) groups excluding carboxylic acids is 1. The van der Waals surface area contributed by atoms with Gasteiger partial charge in [-0.15, -0.1) is 0 Å². The number of hydrogen-bond acceptors (Lipinski definition) is 6. The second-order valence-electron chi connectivity index (χ2n) is 5.81. The molecule has 0 aliphatic rings. The van der Waals surface area contributed by atoms with Crippen molar-refractivity contribution in [3.63, 3.8) is 0 Å². The second-order valence-corrected chi connectivity index (χ2v) is 6.21. The van der Waals surface area contributed by atoms with E-state index in [-0.39, 0.29) is 5.69 Å². The molecule has 0 fully saturated rings. The van der Waals surface area contributed by atoms with Gasteiger partial charge in [0.1, 0.15) is 23.1 Å². The van der Waals surface area contributed by atoms with Crippen LogP contribution in [0.5, 0.6) is 5.75 Å². The van der Waals surface area contributed by atoms with Gasteiger partial charge in [-0.3, -0.25) is 4.79 Å². The molecule has 0 bridgehead atoms. The molecule has 140 valence electrons. The Hall–Kier alpha value is -3.63. The van der Waals surface area contributed by atoms with E-state index in [2.05, 4.69) is 26.7 Å². The van der Waals surface area contributed by atoms with E-state index in [4.69, 9.17) is 21.6 Å². The van der Waals surface area contributed by atoms with Crippen LogP contribution in [0.2, 0.25) is 5.02 Å². The van der Waals surface area contributed by atoms with Crippen molar-refractivity contribution in [2.24, 2.45) is 0 Å². The molecule has 0 spiro atoms. The van der Waals surface area contributed by atoms with Crippen molar-refractivity contribution in [1.82, 2.24) is 9.97 Å². The van der Waals surface area contributed by atoms with Gasteiger partial charge in [0.15, 0.2) is 0 Å². The minimum absolute atomic E-state index is 0.193. The molecule has 1 amide bonds. The van der Waals surface area contributed by atoms with Gasteiger partial charge in [-0.05, 0) is 43.3 Å². The molecule has 0 aliphatic heterocycles. The molecule has 0 radical (unpaired) electrons. The number of nitrogens with one attached hydrogen (secondary N) is 2. The number of aromatic nitrogens is 2. The number of aryl methyl sites for hydroxylation is 1. The molecule has 1 heterocycles. The number of methoxy groups -OCH3 is 1. The first-order chi connectivity index (χ1) is 13.5. The molecular formula is C20H16ClN5O2. The van der Waals surface area contributed by atoms with Crippen LogP contribution in [0.3, 0.4) is 0 Å². The Balaban J connectivity index is 1.81. The van der Waals surface area contributed by atoms with E-state index in [0.29, 0.717) is 39.4 Å². The van der Waals surface area contributed by atoms with E-state index in [1.807, 2.05) is 0 Å². The molecule has 1 aromatic heterocycles. The standard InChI is InChI=1S/C20H16ClN5O2/c1-12-23-17(20(27)26-15-6-7-18(28-2)16(21)9-15)10-19(24-12)25-14-5-3-4-13(8-14)11-22/h3-10H,1-2H3,(H,26,27)(H,23,24,25). The molecule has 0 saturated heterocycles. The average Bonchev–Trinajstić information content (AvgIpc) is 2.68. The van der Waals surface area contributed by atoms with Crippen LogP contribution in [0, 0.1) is 18.3 Å². The van der Waals surface area contributed by atoms with Gasteiger partial charge < -0.3 is 15.4 Å². The summed E-state index contributed by atoms with van der Waals surface area (Å²) in [5, 5.41) is 15.2. The monoisotopic (exact) mass is 393 g/mol. The molecule has 2 N–H and O–H groups in total. The Bertz CT molecular complexity index is 1080. The molecule has 8 heteroatoms. The molecule has 0 saturated carbocycles. The highest BCUT2D eigenvalue weighted by Crippen LogP contribution is 2.27. The summed E-state index contributed by atoms with van der Waals surface area (Å²) >= 11 is 6.09. The average molecular weight is 394 g/mol. The number of ether oxygens (including phenoxy) is 1. The number of nitrogens with zero attached hydrogens (tertiary/aromatic N) is 3. The van der Waals surface area contributed by atoms with Crippen LogP contribution in [0.25, 0.3) is 0 Å². The molecule has 0 aliphatic carbocycles. The Morgan fingerprint density at radius 3 is 2.68 bits per heavy atom. The summed E-state index contributed by atoms with van der Waals surface area (Å²) < 4.78 is 5.10. The number of anilines is 3. The van der Waals surface area contributed by atoms with Gasteiger partial charge in [0.25, 0.3) is 5.91 Å². The first-order valence-corrected chi connectivity index (χ1v) is 8.64. The second kappa shape index (κ2) is 8.37. The number of carbonyl (C=O) groups is 1. The molecule has 28 heavy (non-hydrogen) atoms. The number of halogens is 1. The number of nitriles is 1. The summed E-state index contributed by atoms with van der Waals surface area (Å²) in [6.45, 7) is 1.69.